The molecule has 19 heavy (non-hydrogen) atoms. The van der Waals surface area contributed by atoms with E-state index in [1.54, 1.807) is 0 Å². The zero-order chi connectivity index (χ0) is 13.2. The van der Waals surface area contributed by atoms with E-state index in [4.69, 9.17) is 0 Å². The Hall–Kier alpha value is -2.06. The first-order valence-electron chi connectivity index (χ1n) is 6.51. The number of benzene rings is 2. The van der Waals surface area contributed by atoms with E-state index < -0.39 is 0 Å². The van der Waals surface area contributed by atoms with Gasteiger partial charge in [0.05, 0.1) is 6.61 Å². The van der Waals surface area contributed by atoms with Crippen molar-refractivity contribution in [1.82, 2.24) is 4.57 Å². The monoisotopic (exact) mass is 251 g/mol. The summed E-state index contributed by atoms with van der Waals surface area (Å²) < 4.78 is 2.23. The van der Waals surface area contributed by atoms with Crippen LogP contribution in [0.3, 0.4) is 0 Å². The molecular weight excluding hydrogens is 234 g/mol. The van der Waals surface area contributed by atoms with Crippen LogP contribution in [0, 0.1) is 6.92 Å². The van der Waals surface area contributed by atoms with E-state index >= 15 is 0 Å². The summed E-state index contributed by atoms with van der Waals surface area (Å²) in [6.07, 6.45) is 2.09. The molecule has 0 fully saturated rings. The predicted octanol–water partition coefficient (Wildman–Crippen LogP) is 3.49. The molecule has 3 aromatic rings. The molecule has 0 unspecified atom stereocenters. The molecule has 1 aromatic heterocycles. The van der Waals surface area contributed by atoms with Crippen LogP contribution in [0.15, 0.2) is 54.7 Å². The second kappa shape index (κ2) is 4.90. The van der Waals surface area contributed by atoms with Gasteiger partial charge in [-0.2, -0.15) is 0 Å². The summed E-state index contributed by atoms with van der Waals surface area (Å²) in [6.45, 7) is 3.09. The van der Waals surface area contributed by atoms with E-state index in [1.807, 2.05) is 12.1 Å². The number of fused-ring (bicyclic) bond motifs is 1. The lowest BCUT2D eigenvalue weighted by atomic mass is 10.1. The van der Waals surface area contributed by atoms with Gasteiger partial charge in [-0.05, 0) is 35.7 Å². The van der Waals surface area contributed by atoms with Gasteiger partial charge in [-0.1, -0.05) is 36.4 Å². The van der Waals surface area contributed by atoms with Crippen molar-refractivity contribution >= 4 is 10.9 Å². The van der Waals surface area contributed by atoms with Gasteiger partial charge in [0.2, 0.25) is 0 Å². The average Bonchev–Trinajstić information content (AvgIpc) is 2.84. The Kier molecular flexibility index (Phi) is 3.10. The first kappa shape index (κ1) is 12.0. The number of aromatic nitrogens is 1. The van der Waals surface area contributed by atoms with Crippen LogP contribution >= 0.6 is 0 Å². The Morgan fingerprint density at radius 3 is 2.53 bits per heavy atom. The van der Waals surface area contributed by atoms with Crippen LogP contribution < -0.4 is 0 Å². The second-order valence-electron chi connectivity index (χ2n) is 4.88. The molecule has 0 saturated heterocycles. The number of nitrogens with zero attached hydrogens (tertiary/aromatic N) is 1. The fourth-order valence-corrected chi connectivity index (χ4v) is 2.53. The smallest absolute Gasteiger partial charge is 0.0688 e. The van der Waals surface area contributed by atoms with Crippen molar-refractivity contribution in [3.63, 3.8) is 0 Å². The van der Waals surface area contributed by atoms with Gasteiger partial charge in [0.25, 0.3) is 0 Å². The number of aliphatic hydroxyl groups excluding tert-OH is 1. The highest BCUT2D eigenvalue weighted by Crippen LogP contribution is 2.22. The quantitative estimate of drug-likeness (QED) is 0.757. The summed E-state index contributed by atoms with van der Waals surface area (Å²) in [5.74, 6) is 0. The van der Waals surface area contributed by atoms with Gasteiger partial charge in [-0.15, -0.1) is 0 Å². The molecule has 0 aliphatic heterocycles. The molecule has 0 amide bonds. The molecule has 0 spiro atoms. The molecule has 1 N–H and O–H groups in total. The van der Waals surface area contributed by atoms with Crippen LogP contribution in [0.25, 0.3) is 10.9 Å². The number of aliphatic hydroxyl groups is 1. The Morgan fingerprint density at radius 2 is 1.74 bits per heavy atom. The summed E-state index contributed by atoms with van der Waals surface area (Å²) in [7, 11) is 0. The fourth-order valence-electron chi connectivity index (χ4n) is 2.53. The maximum absolute atomic E-state index is 9.37. The molecule has 0 aliphatic carbocycles. The lowest BCUT2D eigenvalue weighted by Gasteiger charge is -2.09. The summed E-state index contributed by atoms with van der Waals surface area (Å²) in [6, 6.07) is 16.6. The number of hydrogen-bond acceptors (Lipinski definition) is 1. The third-order valence-corrected chi connectivity index (χ3v) is 3.68. The molecule has 96 valence electrons. The lowest BCUT2D eigenvalue weighted by molar-refractivity contribution is 0.283. The summed E-state index contributed by atoms with van der Waals surface area (Å²) in [5.41, 5.74) is 4.80. The molecule has 2 nitrogen and oxygen atoms in total. The molecule has 0 saturated carbocycles. The highest BCUT2D eigenvalue weighted by atomic mass is 16.3. The van der Waals surface area contributed by atoms with E-state index in [-0.39, 0.29) is 6.61 Å². The van der Waals surface area contributed by atoms with Gasteiger partial charge in [-0.3, -0.25) is 0 Å². The number of rotatable bonds is 3. The van der Waals surface area contributed by atoms with Crippen molar-refractivity contribution in [3.05, 3.63) is 71.4 Å². The number of aryl methyl sites for hydroxylation is 1. The molecule has 3 rings (SSSR count). The van der Waals surface area contributed by atoms with Gasteiger partial charge < -0.3 is 9.67 Å². The minimum absolute atomic E-state index is 0.0890. The zero-order valence-corrected chi connectivity index (χ0v) is 11.0. The van der Waals surface area contributed by atoms with Crippen molar-refractivity contribution < 1.29 is 5.11 Å². The summed E-state index contributed by atoms with van der Waals surface area (Å²) in [4.78, 5) is 0. The Labute approximate surface area is 112 Å². The molecular formula is C17H17NO. The molecule has 0 radical (unpaired) electrons. The maximum atomic E-state index is 9.37. The molecule has 2 heteroatoms. The normalized spacial score (nSPS) is 11.1. The Balaban J connectivity index is 2.05. The SMILES string of the molecule is Cc1ccccc1Cn1ccc2c(CO)cccc21. The summed E-state index contributed by atoms with van der Waals surface area (Å²) >= 11 is 0. The largest absolute Gasteiger partial charge is 0.392 e. The highest BCUT2D eigenvalue weighted by Gasteiger charge is 2.06. The van der Waals surface area contributed by atoms with Crippen LogP contribution in [0.4, 0.5) is 0 Å². The van der Waals surface area contributed by atoms with E-state index in [1.165, 1.54) is 16.6 Å². The molecule has 0 atom stereocenters. The van der Waals surface area contributed by atoms with E-state index in [0.717, 1.165) is 17.5 Å². The van der Waals surface area contributed by atoms with Crippen molar-refractivity contribution in [1.29, 1.82) is 0 Å². The van der Waals surface area contributed by atoms with E-state index in [2.05, 4.69) is 54.1 Å². The standard InChI is InChI=1S/C17H17NO/c1-13-5-2-3-6-14(13)11-18-10-9-16-15(12-19)7-4-8-17(16)18/h2-10,19H,11-12H2,1H3. The average molecular weight is 251 g/mol. The highest BCUT2D eigenvalue weighted by molar-refractivity contribution is 5.83. The minimum atomic E-state index is 0.0890. The zero-order valence-electron chi connectivity index (χ0n) is 11.0. The van der Waals surface area contributed by atoms with Gasteiger partial charge in [0.15, 0.2) is 0 Å². The molecule has 1 heterocycles. The Bertz CT molecular complexity index is 712. The number of hydrogen-bond donors (Lipinski definition) is 1. The topological polar surface area (TPSA) is 25.2 Å². The Morgan fingerprint density at radius 1 is 0.947 bits per heavy atom. The van der Waals surface area contributed by atoms with Gasteiger partial charge in [0.1, 0.15) is 0 Å². The van der Waals surface area contributed by atoms with Gasteiger partial charge in [0, 0.05) is 23.6 Å². The third kappa shape index (κ3) is 2.15. The van der Waals surface area contributed by atoms with Crippen molar-refractivity contribution in [3.8, 4) is 0 Å². The first-order chi connectivity index (χ1) is 9.29. The molecule has 0 bridgehead atoms. The van der Waals surface area contributed by atoms with Crippen LogP contribution in [0.5, 0.6) is 0 Å². The third-order valence-electron chi connectivity index (χ3n) is 3.68. The van der Waals surface area contributed by atoms with Crippen molar-refractivity contribution in [2.24, 2.45) is 0 Å². The van der Waals surface area contributed by atoms with Crippen molar-refractivity contribution in [2.75, 3.05) is 0 Å². The van der Waals surface area contributed by atoms with Gasteiger partial charge in [-0.25, -0.2) is 0 Å². The van der Waals surface area contributed by atoms with E-state index in [0.29, 0.717) is 0 Å². The van der Waals surface area contributed by atoms with Gasteiger partial charge >= 0.3 is 0 Å². The maximum Gasteiger partial charge on any atom is 0.0688 e. The second-order valence-corrected chi connectivity index (χ2v) is 4.88. The molecule has 0 aliphatic rings. The summed E-state index contributed by atoms with van der Waals surface area (Å²) in [5, 5.41) is 10.5. The first-order valence-corrected chi connectivity index (χ1v) is 6.51. The van der Waals surface area contributed by atoms with Crippen LogP contribution in [-0.4, -0.2) is 9.67 Å². The predicted molar refractivity (Wildman–Crippen MR) is 78.1 cm³/mol. The fraction of sp³-hybridized carbons (Fsp3) is 0.176. The van der Waals surface area contributed by atoms with Crippen LogP contribution in [0.1, 0.15) is 16.7 Å². The van der Waals surface area contributed by atoms with Crippen molar-refractivity contribution in [2.45, 2.75) is 20.1 Å². The lowest BCUT2D eigenvalue weighted by Crippen LogP contribution is -1.99. The minimum Gasteiger partial charge on any atom is -0.392 e. The van der Waals surface area contributed by atoms with Crippen LogP contribution in [-0.2, 0) is 13.2 Å². The molecule has 2 aromatic carbocycles. The van der Waals surface area contributed by atoms with Crippen LogP contribution in [0.2, 0.25) is 0 Å². The van der Waals surface area contributed by atoms with E-state index in [9.17, 15) is 5.11 Å².